The van der Waals surface area contributed by atoms with Crippen LogP contribution in [0.15, 0.2) is 211 Å². The molecule has 0 fully saturated rings. The van der Waals surface area contributed by atoms with Crippen LogP contribution in [-0.2, 0) is 21.7 Å². The Balaban J connectivity index is 1.35. The molecule has 7 nitrogen and oxygen atoms in total. The van der Waals surface area contributed by atoms with Gasteiger partial charge in [-0.25, -0.2) is 0 Å². The molecule has 0 saturated carbocycles. The number of pyridine rings is 1. The third-order valence-corrected chi connectivity index (χ3v) is 19.0. The van der Waals surface area contributed by atoms with E-state index in [-0.39, 0.29) is 21.7 Å². The van der Waals surface area contributed by atoms with Gasteiger partial charge < -0.3 is 22.7 Å². The van der Waals surface area contributed by atoms with E-state index in [2.05, 4.69) is 295 Å². The standard InChI is InChI=1S/C82H70N6O/c1-79(2,3)60-36-22-30-52-48-26-13-17-40-64(48)85(70(52)60)74-58(46-83)75(86-65-41-18-14-27-49(65)53-31-23-37-61(71(53)86)80(4,5)6)77(88-67-43-20-16-29-51(67)55-33-25-39-63(73(55)88)82(10,11)12)69(57-35-21-34-56-59-47-84-45-44-68(59)89-78(56)57)76(74)87-66-42-19-15-28-50(66)54-32-24-38-62(72(54)87)81(7,8)9/h13-45,47H,1-12H3. The second kappa shape index (κ2) is 18.9. The lowest BCUT2D eigenvalue weighted by Gasteiger charge is -2.32. The fourth-order valence-electron chi connectivity index (χ4n) is 15.2. The zero-order chi connectivity index (χ0) is 61.4. The quantitative estimate of drug-likeness (QED) is 0.172. The summed E-state index contributed by atoms with van der Waals surface area (Å²) in [6, 6.07) is 74.6. The van der Waals surface area contributed by atoms with Crippen LogP contribution in [0, 0.1) is 11.3 Å². The topological polar surface area (TPSA) is 69.5 Å². The van der Waals surface area contributed by atoms with Crippen molar-refractivity contribution in [3.05, 3.63) is 234 Å². The predicted octanol–water partition coefficient (Wildman–Crippen LogP) is 22.1. The molecule has 0 aliphatic rings. The maximum atomic E-state index is 13.6. The van der Waals surface area contributed by atoms with E-state index in [9.17, 15) is 5.26 Å². The number of aromatic nitrogens is 5. The zero-order valence-corrected chi connectivity index (χ0v) is 52.7. The third-order valence-electron chi connectivity index (χ3n) is 19.0. The van der Waals surface area contributed by atoms with Crippen LogP contribution in [0.2, 0.25) is 0 Å². The minimum Gasteiger partial charge on any atom is -0.455 e. The number of nitriles is 1. The number of furan rings is 1. The molecule has 16 rings (SSSR count). The Bertz CT molecular complexity index is 5450. The first-order valence-electron chi connectivity index (χ1n) is 31.3. The minimum absolute atomic E-state index is 0.342. The summed E-state index contributed by atoms with van der Waals surface area (Å²) in [5.41, 5.74) is 18.6. The number of nitrogens with zero attached hydrogens (tertiary/aromatic N) is 6. The van der Waals surface area contributed by atoms with Gasteiger partial charge in [0, 0.05) is 77.4 Å². The molecule has 0 aliphatic heterocycles. The van der Waals surface area contributed by atoms with Crippen molar-refractivity contribution in [2.45, 2.75) is 105 Å². The molecule has 7 heteroatoms. The summed E-state index contributed by atoms with van der Waals surface area (Å²) in [7, 11) is 0. The summed E-state index contributed by atoms with van der Waals surface area (Å²) < 4.78 is 17.6. The van der Waals surface area contributed by atoms with Crippen LogP contribution in [0.3, 0.4) is 0 Å². The summed E-state index contributed by atoms with van der Waals surface area (Å²) in [4.78, 5) is 4.74. The van der Waals surface area contributed by atoms with Gasteiger partial charge >= 0.3 is 0 Å². The number of rotatable bonds is 5. The predicted molar refractivity (Wildman–Crippen MR) is 374 cm³/mol. The molecule has 0 N–H and O–H groups in total. The Hall–Kier alpha value is -10.2. The molecular formula is C82H70N6O. The van der Waals surface area contributed by atoms with E-state index in [4.69, 9.17) is 9.40 Å². The highest BCUT2D eigenvalue weighted by molar-refractivity contribution is 6.20. The zero-order valence-electron chi connectivity index (χ0n) is 52.7. The molecule has 0 amide bonds. The van der Waals surface area contributed by atoms with Gasteiger partial charge in [-0.2, -0.15) is 5.26 Å². The van der Waals surface area contributed by atoms with Crippen LogP contribution in [0.1, 0.15) is 111 Å². The summed E-state index contributed by atoms with van der Waals surface area (Å²) in [5, 5.41) is 24.4. The van der Waals surface area contributed by atoms with Gasteiger partial charge in [-0.1, -0.05) is 247 Å². The fourth-order valence-corrected chi connectivity index (χ4v) is 15.2. The molecule has 0 spiro atoms. The number of fused-ring (bicyclic) bond motifs is 15. The molecule has 89 heavy (non-hydrogen) atoms. The monoisotopic (exact) mass is 1150 g/mol. The van der Waals surface area contributed by atoms with Crippen molar-refractivity contribution < 1.29 is 4.42 Å². The van der Waals surface area contributed by atoms with E-state index in [1.54, 1.807) is 0 Å². The van der Waals surface area contributed by atoms with Crippen LogP contribution in [0.25, 0.3) is 143 Å². The Morgan fingerprint density at radius 3 is 1.00 bits per heavy atom. The Morgan fingerprint density at radius 2 is 0.652 bits per heavy atom. The lowest BCUT2D eigenvalue weighted by atomic mass is 9.84. The van der Waals surface area contributed by atoms with Crippen LogP contribution in [0.5, 0.6) is 0 Å². The van der Waals surface area contributed by atoms with Crippen molar-refractivity contribution in [1.82, 2.24) is 23.3 Å². The van der Waals surface area contributed by atoms with Crippen molar-refractivity contribution in [2.24, 2.45) is 0 Å². The fraction of sp³-hybridized carbons (Fsp3) is 0.195. The molecule has 10 aromatic carbocycles. The molecule has 0 aliphatic carbocycles. The molecule has 0 bridgehead atoms. The van der Waals surface area contributed by atoms with Crippen molar-refractivity contribution in [2.75, 3.05) is 0 Å². The maximum absolute atomic E-state index is 13.6. The molecular weight excluding hydrogens is 1080 g/mol. The van der Waals surface area contributed by atoms with Gasteiger partial charge in [0.1, 0.15) is 22.8 Å². The minimum atomic E-state index is -0.342. The largest absolute Gasteiger partial charge is 0.455 e. The maximum Gasteiger partial charge on any atom is 0.143 e. The molecule has 434 valence electrons. The third kappa shape index (κ3) is 7.72. The highest BCUT2D eigenvalue weighted by Gasteiger charge is 2.39. The van der Waals surface area contributed by atoms with E-state index in [1.807, 2.05) is 18.5 Å². The van der Waals surface area contributed by atoms with Gasteiger partial charge in [0.25, 0.3) is 0 Å². The average molecular weight is 1160 g/mol. The number of benzene rings is 10. The van der Waals surface area contributed by atoms with Gasteiger partial charge in [-0.15, -0.1) is 0 Å². The number of hydrogen-bond acceptors (Lipinski definition) is 3. The van der Waals surface area contributed by atoms with Crippen LogP contribution >= 0.6 is 0 Å². The normalized spacial score (nSPS) is 12.9. The highest BCUT2D eigenvalue weighted by atomic mass is 16.3. The first-order chi connectivity index (χ1) is 42.8. The second-order valence-corrected chi connectivity index (χ2v) is 28.6. The van der Waals surface area contributed by atoms with Crippen LogP contribution in [-0.4, -0.2) is 23.3 Å². The van der Waals surface area contributed by atoms with Gasteiger partial charge in [-0.05, 0) is 74.2 Å². The van der Waals surface area contributed by atoms with E-state index in [1.165, 1.54) is 22.3 Å². The summed E-state index contributed by atoms with van der Waals surface area (Å²) in [5.74, 6) is 0. The van der Waals surface area contributed by atoms with Gasteiger partial charge in [0.05, 0.1) is 66.9 Å². The molecule has 0 atom stereocenters. The van der Waals surface area contributed by atoms with E-state index in [0.29, 0.717) is 5.56 Å². The first kappa shape index (κ1) is 54.2. The smallest absolute Gasteiger partial charge is 0.143 e. The number of para-hydroxylation sites is 9. The van der Waals surface area contributed by atoms with E-state index in [0.717, 1.165) is 143 Å². The molecule has 6 heterocycles. The summed E-state index contributed by atoms with van der Waals surface area (Å²) in [6.07, 6.45) is 3.76. The van der Waals surface area contributed by atoms with Crippen molar-refractivity contribution >= 4 is 109 Å². The van der Waals surface area contributed by atoms with Crippen molar-refractivity contribution in [3.8, 4) is 39.9 Å². The van der Waals surface area contributed by atoms with Gasteiger partial charge in [0.2, 0.25) is 0 Å². The average Bonchev–Trinajstić information content (AvgIpc) is 1.59. The molecule has 0 radical (unpaired) electrons. The Kier molecular flexibility index (Phi) is 11.5. The van der Waals surface area contributed by atoms with Crippen LogP contribution in [0.4, 0.5) is 0 Å². The Labute approximate surface area is 518 Å². The number of hydrogen-bond donors (Lipinski definition) is 0. The van der Waals surface area contributed by atoms with Crippen LogP contribution < -0.4 is 0 Å². The molecule has 0 unspecified atom stereocenters. The Morgan fingerprint density at radius 1 is 0.337 bits per heavy atom. The lowest BCUT2D eigenvalue weighted by molar-refractivity contribution is 0.593. The highest BCUT2D eigenvalue weighted by Crippen LogP contribution is 2.55. The lowest BCUT2D eigenvalue weighted by Crippen LogP contribution is -2.20. The SMILES string of the molecule is CC(C)(C)c1cccc2c3ccccc3n(-c3c(C#N)c(-n4c5ccccc5c5cccc(C(C)(C)C)c54)c(-n4c5ccccc5c5cccc(C(C)(C)C)c54)c(-c4cccc5c4oc4ccncc45)c3-n3c4ccccc4c4cccc(C(C)(C)C)c43)c12. The van der Waals surface area contributed by atoms with E-state index >= 15 is 0 Å². The molecule has 0 saturated heterocycles. The summed E-state index contributed by atoms with van der Waals surface area (Å²) >= 11 is 0. The van der Waals surface area contributed by atoms with Gasteiger partial charge in [0.15, 0.2) is 0 Å². The molecule has 16 aromatic rings. The van der Waals surface area contributed by atoms with Crippen molar-refractivity contribution in [1.29, 1.82) is 5.26 Å². The summed E-state index contributed by atoms with van der Waals surface area (Å²) in [6.45, 7) is 27.9. The van der Waals surface area contributed by atoms with Crippen molar-refractivity contribution in [3.63, 3.8) is 0 Å². The first-order valence-corrected chi connectivity index (χ1v) is 31.3. The van der Waals surface area contributed by atoms with Gasteiger partial charge in [-0.3, -0.25) is 4.98 Å². The van der Waals surface area contributed by atoms with E-state index < -0.39 is 0 Å². The second-order valence-electron chi connectivity index (χ2n) is 28.6. The molecule has 6 aromatic heterocycles.